The maximum Gasteiger partial charge on any atom is 0.241 e. The molecule has 0 spiro atoms. The highest BCUT2D eigenvalue weighted by atomic mass is 127. The number of carbonyl (C=O) groups is 1. The molecule has 0 radical (unpaired) electrons. The monoisotopic (exact) mass is 486 g/mol. The molecular formula is C21H35IN4O. The second kappa shape index (κ2) is 13.0. The van der Waals surface area contributed by atoms with Crippen molar-refractivity contribution in [3.05, 3.63) is 35.9 Å². The fourth-order valence-electron chi connectivity index (χ4n) is 3.30. The van der Waals surface area contributed by atoms with Crippen LogP contribution in [0.25, 0.3) is 0 Å². The summed E-state index contributed by atoms with van der Waals surface area (Å²) in [5.74, 6) is 2.20. The van der Waals surface area contributed by atoms with Gasteiger partial charge in [0.2, 0.25) is 5.91 Å². The minimum atomic E-state index is 0. The highest BCUT2D eigenvalue weighted by Crippen LogP contribution is 2.21. The number of hydrogen-bond acceptors (Lipinski definition) is 2. The third-order valence-electron chi connectivity index (χ3n) is 4.98. The number of aliphatic imine (C=N–C) groups is 1. The first-order valence-corrected chi connectivity index (χ1v) is 9.84. The number of halogens is 1. The van der Waals surface area contributed by atoms with E-state index in [4.69, 9.17) is 0 Å². The average Bonchev–Trinajstić information content (AvgIpc) is 2.65. The van der Waals surface area contributed by atoms with Crippen molar-refractivity contribution in [1.82, 2.24) is 15.5 Å². The molecule has 1 aromatic carbocycles. The van der Waals surface area contributed by atoms with Gasteiger partial charge in [0, 0.05) is 26.7 Å². The maximum atomic E-state index is 12.4. The first kappa shape index (κ1) is 23.7. The van der Waals surface area contributed by atoms with Crippen molar-refractivity contribution >= 4 is 35.8 Å². The van der Waals surface area contributed by atoms with Crippen molar-refractivity contribution in [3.8, 4) is 0 Å². The molecule has 1 heterocycles. The van der Waals surface area contributed by atoms with E-state index in [0.717, 1.165) is 45.3 Å². The quantitative estimate of drug-likeness (QED) is 0.353. The van der Waals surface area contributed by atoms with Crippen LogP contribution in [0.2, 0.25) is 0 Å². The summed E-state index contributed by atoms with van der Waals surface area (Å²) in [5.41, 5.74) is 1.40. The van der Waals surface area contributed by atoms with Gasteiger partial charge in [-0.2, -0.15) is 0 Å². The summed E-state index contributed by atoms with van der Waals surface area (Å²) in [4.78, 5) is 18.6. The van der Waals surface area contributed by atoms with Crippen LogP contribution < -0.4 is 10.6 Å². The number of benzene rings is 1. The molecule has 0 bridgehead atoms. The van der Waals surface area contributed by atoms with E-state index in [1.807, 2.05) is 4.90 Å². The van der Waals surface area contributed by atoms with E-state index in [0.29, 0.717) is 24.3 Å². The molecule has 27 heavy (non-hydrogen) atoms. The molecule has 1 fully saturated rings. The van der Waals surface area contributed by atoms with Gasteiger partial charge < -0.3 is 15.5 Å². The first-order valence-electron chi connectivity index (χ1n) is 9.84. The van der Waals surface area contributed by atoms with E-state index in [-0.39, 0.29) is 29.9 Å². The summed E-state index contributed by atoms with van der Waals surface area (Å²) in [6.07, 6.45) is 4.38. The molecule has 0 aliphatic carbocycles. The Bertz CT molecular complexity index is 569. The van der Waals surface area contributed by atoms with Crippen LogP contribution in [0.4, 0.5) is 0 Å². The summed E-state index contributed by atoms with van der Waals surface area (Å²) in [6, 6.07) is 10.6. The Morgan fingerprint density at radius 3 is 2.44 bits per heavy atom. The number of guanidine groups is 1. The topological polar surface area (TPSA) is 56.7 Å². The lowest BCUT2D eigenvalue weighted by molar-refractivity contribution is -0.131. The van der Waals surface area contributed by atoms with Crippen molar-refractivity contribution in [2.45, 2.75) is 39.5 Å². The number of piperidine rings is 1. The molecule has 2 N–H and O–H groups in total. The summed E-state index contributed by atoms with van der Waals surface area (Å²) in [7, 11) is 1.74. The van der Waals surface area contributed by atoms with Gasteiger partial charge in [0.1, 0.15) is 0 Å². The zero-order valence-corrected chi connectivity index (χ0v) is 19.2. The number of amides is 1. The van der Waals surface area contributed by atoms with Crippen molar-refractivity contribution in [1.29, 1.82) is 0 Å². The highest BCUT2D eigenvalue weighted by Gasteiger charge is 2.22. The van der Waals surface area contributed by atoms with Crippen molar-refractivity contribution in [3.63, 3.8) is 0 Å². The Kier molecular flexibility index (Phi) is 11.4. The Balaban J connectivity index is 0.00000364. The predicted molar refractivity (Wildman–Crippen MR) is 124 cm³/mol. The zero-order valence-electron chi connectivity index (χ0n) is 16.9. The molecular weight excluding hydrogens is 451 g/mol. The van der Waals surface area contributed by atoms with Gasteiger partial charge >= 0.3 is 0 Å². The number of nitrogens with one attached hydrogen (secondary N) is 2. The minimum Gasteiger partial charge on any atom is -0.356 e. The normalized spacial score (nSPS) is 15.4. The van der Waals surface area contributed by atoms with E-state index >= 15 is 0 Å². The Morgan fingerprint density at radius 2 is 1.85 bits per heavy atom. The Hall–Kier alpha value is -1.31. The summed E-state index contributed by atoms with van der Waals surface area (Å²) in [6.45, 7) is 7.29. The number of rotatable bonds is 7. The number of hydrogen-bond donors (Lipinski definition) is 2. The molecule has 152 valence electrons. The fraction of sp³-hybridized carbons (Fsp3) is 0.619. The molecule has 1 aromatic rings. The van der Waals surface area contributed by atoms with Crippen LogP contribution in [0, 0.1) is 11.8 Å². The molecule has 0 aromatic heterocycles. The molecule has 1 aliphatic rings. The van der Waals surface area contributed by atoms with Gasteiger partial charge in [-0.3, -0.25) is 9.79 Å². The highest BCUT2D eigenvalue weighted by molar-refractivity contribution is 14.0. The van der Waals surface area contributed by atoms with Gasteiger partial charge in [-0.1, -0.05) is 44.2 Å². The first-order chi connectivity index (χ1) is 12.6. The van der Waals surface area contributed by atoms with Gasteiger partial charge in [0.25, 0.3) is 0 Å². The summed E-state index contributed by atoms with van der Waals surface area (Å²) >= 11 is 0. The minimum absolute atomic E-state index is 0. The lowest BCUT2D eigenvalue weighted by Crippen LogP contribution is -2.47. The number of likely N-dealkylation sites (tertiary alicyclic amines) is 1. The second-order valence-electron chi connectivity index (χ2n) is 7.55. The molecule has 1 aliphatic heterocycles. The zero-order chi connectivity index (χ0) is 18.8. The summed E-state index contributed by atoms with van der Waals surface area (Å²) in [5, 5.41) is 6.40. The number of nitrogens with zero attached hydrogens (tertiary/aromatic N) is 2. The van der Waals surface area contributed by atoms with Gasteiger partial charge in [-0.25, -0.2) is 0 Å². The van der Waals surface area contributed by atoms with E-state index in [1.54, 1.807) is 7.05 Å². The van der Waals surface area contributed by atoms with Crippen molar-refractivity contribution in [2.75, 3.05) is 33.2 Å². The van der Waals surface area contributed by atoms with E-state index in [2.05, 4.69) is 59.8 Å². The van der Waals surface area contributed by atoms with Gasteiger partial charge in [-0.15, -0.1) is 24.0 Å². The van der Waals surface area contributed by atoms with E-state index in [1.165, 1.54) is 5.56 Å². The molecule has 6 heteroatoms. The second-order valence-corrected chi connectivity index (χ2v) is 7.55. The van der Waals surface area contributed by atoms with Crippen LogP contribution in [-0.2, 0) is 11.2 Å². The number of carbonyl (C=O) groups excluding carboxylic acids is 1. The summed E-state index contributed by atoms with van der Waals surface area (Å²) < 4.78 is 0. The van der Waals surface area contributed by atoms with Crippen LogP contribution in [-0.4, -0.2) is 50.0 Å². The lowest BCUT2D eigenvalue weighted by atomic mass is 9.90. The molecule has 1 amide bonds. The molecule has 2 rings (SSSR count). The molecule has 5 nitrogen and oxygen atoms in total. The molecule has 1 saturated heterocycles. The predicted octanol–water partition coefficient (Wildman–Crippen LogP) is 3.30. The third-order valence-corrected chi connectivity index (χ3v) is 4.98. The van der Waals surface area contributed by atoms with Crippen LogP contribution >= 0.6 is 24.0 Å². The molecule has 0 saturated carbocycles. The van der Waals surface area contributed by atoms with Crippen LogP contribution in [0.5, 0.6) is 0 Å². The van der Waals surface area contributed by atoms with Crippen LogP contribution in [0.3, 0.4) is 0 Å². The standard InChI is InChI=1S/C21H34N4O.HI/c1-17(2)9-12-23-21(22-3)24-16-20(26)25-13-10-19(11-14-25)15-18-7-5-4-6-8-18;/h4-8,17,19H,9-16H2,1-3H3,(H2,22,23,24);1H. The van der Waals surface area contributed by atoms with E-state index < -0.39 is 0 Å². The van der Waals surface area contributed by atoms with Crippen LogP contribution in [0.1, 0.15) is 38.7 Å². The molecule has 0 unspecified atom stereocenters. The van der Waals surface area contributed by atoms with Gasteiger partial charge in [0.05, 0.1) is 6.54 Å². The lowest BCUT2D eigenvalue weighted by Gasteiger charge is -2.32. The third kappa shape index (κ3) is 8.95. The molecule has 0 atom stereocenters. The van der Waals surface area contributed by atoms with Crippen LogP contribution in [0.15, 0.2) is 35.3 Å². The van der Waals surface area contributed by atoms with Gasteiger partial charge in [-0.05, 0) is 43.1 Å². The fourth-order valence-corrected chi connectivity index (χ4v) is 3.30. The SMILES string of the molecule is CN=C(NCCC(C)C)NCC(=O)N1CCC(Cc2ccccc2)CC1.I. The largest absolute Gasteiger partial charge is 0.356 e. The Labute approximate surface area is 181 Å². The van der Waals surface area contributed by atoms with Gasteiger partial charge in [0.15, 0.2) is 5.96 Å². The maximum absolute atomic E-state index is 12.4. The smallest absolute Gasteiger partial charge is 0.241 e. The Morgan fingerprint density at radius 1 is 1.19 bits per heavy atom. The average molecular weight is 486 g/mol. The van der Waals surface area contributed by atoms with Crippen molar-refractivity contribution < 1.29 is 4.79 Å². The van der Waals surface area contributed by atoms with Crippen molar-refractivity contribution in [2.24, 2.45) is 16.8 Å². The van der Waals surface area contributed by atoms with E-state index in [9.17, 15) is 4.79 Å².